The van der Waals surface area contributed by atoms with Crippen molar-refractivity contribution in [3.8, 4) is 39.6 Å². The topological polar surface area (TPSA) is 43.9 Å². The summed E-state index contributed by atoms with van der Waals surface area (Å²) in [5.74, 6) is 0.719. The lowest BCUT2D eigenvalue weighted by Crippen LogP contribution is -1.95. The van der Waals surface area contributed by atoms with Gasteiger partial charge in [0, 0.05) is 70.2 Å². The maximum absolute atomic E-state index is 6.33. The molecule has 7 aromatic carbocycles. The number of nitrogens with zero attached hydrogens (tertiary/aromatic N) is 3. The second-order valence-corrected chi connectivity index (χ2v) is 14.0. The van der Waals surface area contributed by atoms with Crippen molar-refractivity contribution in [1.29, 1.82) is 0 Å². The van der Waals surface area contributed by atoms with E-state index in [1.165, 1.54) is 42.0 Å². The Morgan fingerprint density at radius 3 is 1.98 bits per heavy atom. The van der Waals surface area contributed by atoms with Gasteiger partial charge in [0.25, 0.3) is 0 Å². The van der Waals surface area contributed by atoms with Gasteiger partial charge >= 0.3 is 0 Å². The van der Waals surface area contributed by atoms with Gasteiger partial charge in [-0.3, -0.25) is 0 Å². The number of para-hydroxylation sites is 2. The van der Waals surface area contributed by atoms with Crippen LogP contribution in [-0.4, -0.2) is 14.5 Å². The van der Waals surface area contributed by atoms with Gasteiger partial charge in [-0.15, -0.1) is 11.3 Å². The van der Waals surface area contributed by atoms with Crippen molar-refractivity contribution in [3.05, 3.63) is 164 Å². The van der Waals surface area contributed by atoms with Crippen molar-refractivity contribution >= 4 is 75.3 Å². The standard InChI is InChI=1S/C46H27N3OS/c1-3-12-28(13-4-1)37-27-38(48-46(47-37)29-14-5-2-6-15-29)35-19-11-18-33-34-24-25-40-43(45(34)51-44(33)35)36-17-7-9-20-39(36)49(40)30-22-23-32-31-16-8-10-21-41(31)50-42(32)26-30/h1-27H. The Balaban J connectivity index is 1.16. The molecule has 0 spiro atoms. The molecule has 4 aromatic heterocycles. The fourth-order valence-electron chi connectivity index (χ4n) is 7.70. The van der Waals surface area contributed by atoms with Gasteiger partial charge in [-0.2, -0.15) is 0 Å². The van der Waals surface area contributed by atoms with Crippen LogP contribution < -0.4 is 0 Å². The molecule has 0 fully saturated rings. The average molecular weight is 670 g/mol. The van der Waals surface area contributed by atoms with Crippen LogP contribution in [0.4, 0.5) is 0 Å². The smallest absolute Gasteiger partial charge is 0.160 e. The van der Waals surface area contributed by atoms with Crippen LogP contribution in [0.2, 0.25) is 0 Å². The summed E-state index contributed by atoms with van der Waals surface area (Å²) < 4.78 is 11.2. The fourth-order valence-corrected chi connectivity index (χ4v) is 9.08. The number of rotatable bonds is 4. The molecule has 0 N–H and O–H groups in total. The highest BCUT2D eigenvalue weighted by atomic mass is 32.1. The van der Waals surface area contributed by atoms with Gasteiger partial charge < -0.3 is 8.98 Å². The third kappa shape index (κ3) is 4.32. The Labute approximate surface area is 296 Å². The van der Waals surface area contributed by atoms with E-state index in [1.807, 2.05) is 47.7 Å². The van der Waals surface area contributed by atoms with E-state index in [2.05, 4.69) is 132 Å². The summed E-state index contributed by atoms with van der Waals surface area (Å²) in [4.78, 5) is 10.2. The molecule has 238 valence electrons. The van der Waals surface area contributed by atoms with Crippen LogP contribution in [0.15, 0.2) is 168 Å². The lowest BCUT2D eigenvalue weighted by atomic mass is 10.0. The van der Waals surface area contributed by atoms with E-state index in [9.17, 15) is 0 Å². The molecule has 0 radical (unpaired) electrons. The third-order valence-corrected chi connectivity index (χ3v) is 11.3. The predicted molar refractivity (Wildman–Crippen MR) is 213 cm³/mol. The Bertz CT molecular complexity index is 3080. The molecule has 0 aliphatic heterocycles. The van der Waals surface area contributed by atoms with Crippen molar-refractivity contribution in [1.82, 2.24) is 14.5 Å². The minimum atomic E-state index is 0.719. The number of aromatic nitrogens is 3. The summed E-state index contributed by atoms with van der Waals surface area (Å²) in [7, 11) is 0. The van der Waals surface area contributed by atoms with E-state index in [0.717, 1.165) is 61.5 Å². The van der Waals surface area contributed by atoms with Crippen LogP contribution >= 0.6 is 11.3 Å². The fraction of sp³-hybridized carbons (Fsp3) is 0. The monoisotopic (exact) mass is 669 g/mol. The van der Waals surface area contributed by atoms with E-state index in [4.69, 9.17) is 14.4 Å². The van der Waals surface area contributed by atoms with Crippen LogP contribution in [0.5, 0.6) is 0 Å². The maximum Gasteiger partial charge on any atom is 0.160 e. The molecule has 0 unspecified atom stereocenters. The van der Waals surface area contributed by atoms with Crippen LogP contribution in [0.3, 0.4) is 0 Å². The third-order valence-electron chi connectivity index (χ3n) is 10.0. The molecule has 0 bridgehead atoms. The van der Waals surface area contributed by atoms with E-state index in [1.54, 1.807) is 0 Å². The zero-order chi connectivity index (χ0) is 33.5. The summed E-state index contributed by atoms with van der Waals surface area (Å²) >= 11 is 1.85. The van der Waals surface area contributed by atoms with E-state index in [0.29, 0.717) is 0 Å². The van der Waals surface area contributed by atoms with E-state index < -0.39 is 0 Å². The highest BCUT2D eigenvalue weighted by Gasteiger charge is 2.20. The summed E-state index contributed by atoms with van der Waals surface area (Å²) in [6.45, 7) is 0. The van der Waals surface area contributed by atoms with Gasteiger partial charge in [0.05, 0.1) is 22.4 Å². The summed E-state index contributed by atoms with van der Waals surface area (Å²) in [6.07, 6.45) is 0. The molecule has 51 heavy (non-hydrogen) atoms. The number of thiophene rings is 1. The normalized spacial score (nSPS) is 11.9. The minimum absolute atomic E-state index is 0.719. The predicted octanol–water partition coefficient (Wildman–Crippen LogP) is 12.8. The summed E-state index contributed by atoms with van der Waals surface area (Å²) in [5, 5.41) is 7.24. The largest absolute Gasteiger partial charge is 0.456 e. The van der Waals surface area contributed by atoms with Crippen molar-refractivity contribution < 1.29 is 4.42 Å². The van der Waals surface area contributed by atoms with Gasteiger partial charge in [-0.25, -0.2) is 9.97 Å². The summed E-state index contributed by atoms with van der Waals surface area (Å²) in [5.41, 5.74) is 10.2. The van der Waals surface area contributed by atoms with E-state index in [-0.39, 0.29) is 0 Å². The first-order valence-corrected chi connectivity index (χ1v) is 17.9. The second-order valence-electron chi connectivity index (χ2n) is 12.9. The first-order chi connectivity index (χ1) is 25.3. The highest BCUT2D eigenvalue weighted by molar-refractivity contribution is 7.27. The molecule has 0 saturated carbocycles. The van der Waals surface area contributed by atoms with Crippen molar-refractivity contribution in [3.63, 3.8) is 0 Å². The van der Waals surface area contributed by atoms with Gasteiger partial charge in [-0.1, -0.05) is 121 Å². The minimum Gasteiger partial charge on any atom is -0.456 e. The van der Waals surface area contributed by atoms with Crippen LogP contribution in [0.25, 0.3) is 104 Å². The van der Waals surface area contributed by atoms with Gasteiger partial charge in [0.15, 0.2) is 5.82 Å². The molecule has 4 heterocycles. The zero-order valence-electron chi connectivity index (χ0n) is 27.2. The van der Waals surface area contributed by atoms with Gasteiger partial charge in [-0.05, 0) is 36.4 Å². The average Bonchev–Trinajstić information content (AvgIpc) is 3.87. The number of hydrogen-bond acceptors (Lipinski definition) is 4. The quantitative estimate of drug-likeness (QED) is 0.187. The molecular weight excluding hydrogens is 643 g/mol. The first-order valence-electron chi connectivity index (χ1n) is 17.1. The first kappa shape index (κ1) is 28.3. The zero-order valence-corrected chi connectivity index (χ0v) is 28.1. The maximum atomic E-state index is 6.33. The van der Waals surface area contributed by atoms with Crippen molar-refractivity contribution in [2.45, 2.75) is 0 Å². The Morgan fingerprint density at radius 2 is 1.12 bits per heavy atom. The lowest BCUT2D eigenvalue weighted by molar-refractivity contribution is 0.668. The van der Waals surface area contributed by atoms with Crippen LogP contribution in [0, 0.1) is 0 Å². The molecule has 4 nitrogen and oxygen atoms in total. The molecule has 0 amide bonds. The Morgan fingerprint density at radius 1 is 0.451 bits per heavy atom. The second kappa shape index (κ2) is 11.0. The molecule has 11 rings (SSSR count). The Kier molecular flexibility index (Phi) is 6.09. The number of furan rings is 1. The number of benzene rings is 7. The van der Waals surface area contributed by atoms with Crippen molar-refractivity contribution in [2.75, 3.05) is 0 Å². The van der Waals surface area contributed by atoms with Crippen LogP contribution in [-0.2, 0) is 0 Å². The molecule has 0 aliphatic rings. The lowest BCUT2D eigenvalue weighted by Gasteiger charge is -2.10. The molecular formula is C46H27N3OS. The number of fused-ring (bicyclic) bond motifs is 10. The number of hydrogen-bond donors (Lipinski definition) is 0. The van der Waals surface area contributed by atoms with Crippen LogP contribution in [0.1, 0.15) is 0 Å². The highest BCUT2D eigenvalue weighted by Crippen LogP contribution is 2.46. The molecule has 0 saturated heterocycles. The molecule has 0 atom stereocenters. The van der Waals surface area contributed by atoms with E-state index >= 15 is 0 Å². The van der Waals surface area contributed by atoms with Crippen molar-refractivity contribution in [2.24, 2.45) is 0 Å². The molecule has 11 aromatic rings. The van der Waals surface area contributed by atoms with Gasteiger partial charge in [0.1, 0.15) is 11.2 Å². The molecule has 5 heteroatoms. The SMILES string of the molecule is c1ccc(-c2cc(-c3cccc4c3sc3c4ccc4c3c3ccccc3n4-c3ccc4c(c3)oc3ccccc34)nc(-c3ccccc3)n2)cc1. The molecule has 0 aliphatic carbocycles. The summed E-state index contributed by atoms with van der Waals surface area (Å²) in [6, 6.07) is 57.5. The van der Waals surface area contributed by atoms with Gasteiger partial charge in [0.2, 0.25) is 0 Å². The Hall–Kier alpha value is -6.56.